The van der Waals surface area contributed by atoms with Crippen LogP contribution < -0.4 is 15.0 Å². The summed E-state index contributed by atoms with van der Waals surface area (Å²) in [5, 5.41) is 7.26. The van der Waals surface area contributed by atoms with Crippen LogP contribution in [-0.2, 0) is 27.7 Å². The maximum Gasteiger partial charge on any atom is 0.416 e. The van der Waals surface area contributed by atoms with Crippen molar-refractivity contribution in [3.05, 3.63) is 30.1 Å². The van der Waals surface area contributed by atoms with Crippen molar-refractivity contribution < 1.29 is 28.6 Å². The smallest absolute Gasteiger partial charge is 0.416 e. The molecule has 0 aromatic carbocycles. The van der Waals surface area contributed by atoms with Crippen LogP contribution in [0.25, 0.3) is 0 Å². The molecule has 12 heteroatoms. The standard InChI is InChI=1S/C27H38N6O6/c1-26(2,3)38-24(35)32-16-17-14-19(32)23(34)28-13-9-10-18-20(15-29-31(18)7)37-22-12-8-11-21(30-22)33(17)25(36)39-27(4,5)6/h8,11-12,15,17,19H,9-10,13-14,16H2,1-7H3,(H,28,34)/t17-,19-/m0/s1. The summed E-state index contributed by atoms with van der Waals surface area (Å²) in [4.78, 5) is 47.6. The maximum atomic E-state index is 13.6. The Hall–Kier alpha value is -3.83. The number of rotatable bonds is 0. The molecule has 2 aromatic rings. The van der Waals surface area contributed by atoms with Crippen LogP contribution in [0.2, 0.25) is 0 Å². The molecule has 212 valence electrons. The Morgan fingerprint density at radius 3 is 2.46 bits per heavy atom. The third kappa shape index (κ3) is 6.79. The Balaban J connectivity index is 1.77. The second kappa shape index (κ2) is 10.7. The van der Waals surface area contributed by atoms with E-state index in [0.717, 1.165) is 5.69 Å². The highest BCUT2D eigenvalue weighted by molar-refractivity contribution is 5.90. The monoisotopic (exact) mass is 542 g/mol. The molecule has 0 aliphatic carbocycles. The highest BCUT2D eigenvalue weighted by Crippen LogP contribution is 2.32. The molecule has 12 nitrogen and oxygen atoms in total. The van der Waals surface area contributed by atoms with Crippen LogP contribution in [0.3, 0.4) is 0 Å². The van der Waals surface area contributed by atoms with E-state index >= 15 is 0 Å². The van der Waals surface area contributed by atoms with Crippen LogP contribution in [0.4, 0.5) is 15.4 Å². The number of ether oxygens (including phenoxy) is 3. The summed E-state index contributed by atoms with van der Waals surface area (Å²) in [6.45, 7) is 11.1. The molecule has 2 atom stereocenters. The van der Waals surface area contributed by atoms with Gasteiger partial charge in [0, 0.05) is 26.2 Å². The molecule has 0 saturated carbocycles. The quantitative estimate of drug-likeness (QED) is 0.533. The van der Waals surface area contributed by atoms with Crippen molar-refractivity contribution in [2.24, 2.45) is 7.05 Å². The molecular weight excluding hydrogens is 504 g/mol. The first-order chi connectivity index (χ1) is 18.2. The zero-order valence-corrected chi connectivity index (χ0v) is 23.7. The van der Waals surface area contributed by atoms with Gasteiger partial charge < -0.3 is 19.5 Å². The van der Waals surface area contributed by atoms with Gasteiger partial charge in [0.05, 0.1) is 17.9 Å². The molecule has 1 fully saturated rings. The van der Waals surface area contributed by atoms with Crippen LogP contribution in [0.1, 0.15) is 60.1 Å². The number of fused-ring (bicyclic) bond motifs is 5. The second-order valence-corrected chi connectivity index (χ2v) is 11.8. The summed E-state index contributed by atoms with van der Waals surface area (Å²) in [6, 6.07) is 3.65. The number of carbonyl (C=O) groups is 3. The normalized spacial score (nSPS) is 20.2. The second-order valence-electron chi connectivity index (χ2n) is 11.8. The van der Waals surface area contributed by atoms with E-state index in [9.17, 15) is 14.4 Å². The van der Waals surface area contributed by atoms with Gasteiger partial charge in [-0.25, -0.2) is 9.59 Å². The predicted molar refractivity (Wildman–Crippen MR) is 143 cm³/mol. The molecule has 0 radical (unpaired) electrons. The average Bonchev–Trinajstić information content (AvgIpc) is 3.38. The van der Waals surface area contributed by atoms with Crippen molar-refractivity contribution in [1.29, 1.82) is 0 Å². The SMILES string of the molecule is Cn1ncc2c1CCCNC(=O)[C@@H]1C[C@@H](CN1C(=O)OC(C)(C)C)N(C(=O)OC(C)(C)C)c1cccc(n1)O2. The minimum atomic E-state index is -0.841. The molecule has 1 N–H and O–H groups in total. The van der Waals surface area contributed by atoms with E-state index < -0.39 is 35.5 Å². The topological polar surface area (TPSA) is 128 Å². The molecule has 0 unspecified atom stereocenters. The fraction of sp³-hybridized carbons (Fsp3) is 0.593. The van der Waals surface area contributed by atoms with Gasteiger partial charge in [0.15, 0.2) is 5.75 Å². The first-order valence-corrected chi connectivity index (χ1v) is 13.2. The lowest BCUT2D eigenvalue weighted by atomic mass is 10.1. The average molecular weight is 543 g/mol. The number of amides is 3. The van der Waals surface area contributed by atoms with Gasteiger partial charge in [-0.05, 0) is 66.9 Å². The molecule has 2 aliphatic rings. The molecule has 0 spiro atoms. The third-order valence-corrected chi connectivity index (χ3v) is 6.25. The fourth-order valence-electron chi connectivity index (χ4n) is 4.62. The lowest BCUT2D eigenvalue weighted by Gasteiger charge is -2.31. The number of aryl methyl sites for hydroxylation is 1. The van der Waals surface area contributed by atoms with Gasteiger partial charge in [0.1, 0.15) is 23.1 Å². The van der Waals surface area contributed by atoms with E-state index in [1.807, 2.05) is 7.05 Å². The summed E-state index contributed by atoms with van der Waals surface area (Å²) in [7, 11) is 1.82. The van der Waals surface area contributed by atoms with Crippen LogP contribution >= 0.6 is 0 Å². The molecule has 4 rings (SSSR count). The Bertz CT molecular complexity index is 1230. The number of aromatic nitrogens is 3. The molecule has 4 bridgehead atoms. The lowest BCUT2D eigenvalue weighted by molar-refractivity contribution is -0.125. The van der Waals surface area contributed by atoms with E-state index in [0.29, 0.717) is 25.1 Å². The zero-order valence-electron chi connectivity index (χ0n) is 23.7. The minimum absolute atomic E-state index is 0.0613. The van der Waals surface area contributed by atoms with Gasteiger partial charge in [-0.2, -0.15) is 10.1 Å². The summed E-state index contributed by atoms with van der Waals surface area (Å²) >= 11 is 0. The molecule has 3 amide bonds. The number of hydrogen-bond acceptors (Lipinski definition) is 8. The highest BCUT2D eigenvalue weighted by Gasteiger charge is 2.46. The number of nitrogens with zero attached hydrogens (tertiary/aromatic N) is 5. The van der Waals surface area contributed by atoms with Crippen LogP contribution in [0.15, 0.2) is 24.4 Å². The number of pyridine rings is 1. The van der Waals surface area contributed by atoms with Crippen LogP contribution in [-0.4, -0.2) is 74.1 Å². The maximum absolute atomic E-state index is 13.6. The number of likely N-dealkylation sites (tertiary alicyclic amines) is 1. The van der Waals surface area contributed by atoms with Crippen molar-refractivity contribution in [3.8, 4) is 11.6 Å². The van der Waals surface area contributed by atoms with Gasteiger partial charge in [0.2, 0.25) is 11.8 Å². The summed E-state index contributed by atoms with van der Waals surface area (Å²) in [5.74, 6) is 0.783. The first-order valence-electron chi connectivity index (χ1n) is 13.2. The van der Waals surface area contributed by atoms with Crippen LogP contribution in [0, 0.1) is 0 Å². The highest BCUT2D eigenvalue weighted by atomic mass is 16.6. The number of anilines is 1. The van der Waals surface area contributed by atoms with E-state index in [4.69, 9.17) is 14.2 Å². The third-order valence-electron chi connectivity index (χ3n) is 6.25. The van der Waals surface area contributed by atoms with Gasteiger partial charge in [-0.1, -0.05) is 6.07 Å². The number of nitrogens with one attached hydrogen (secondary N) is 1. The van der Waals surface area contributed by atoms with Crippen molar-refractivity contribution >= 4 is 23.9 Å². The summed E-state index contributed by atoms with van der Waals surface area (Å²) in [5.41, 5.74) is -0.703. The van der Waals surface area contributed by atoms with E-state index in [1.54, 1.807) is 70.6 Å². The number of hydrogen-bond donors (Lipinski definition) is 1. The molecule has 1 saturated heterocycles. The van der Waals surface area contributed by atoms with Gasteiger partial charge in [-0.15, -0.1) is 0 Å². The molecular formula is C27H38N6O6. The zero-order chi connectivity index (χ0) is 28.5. The van der Waals surface area contributed by atoms with E-state index in [1.165, 1.54) is 9.80 Å². The molecule has 39 heavy (non-hydrogen) atoms. The van der Waals surface area contributed by atoms with Crippen molar-refractivity contribution in [3.63, 3.8) is 0 Å². The molecule has 2 aliphatic heterocycles. The summed E-state index contributed by atoms with van der Waals surface area (Å²) < 4.78 is 19.2. The van der Waals surface area contributed by atoms with Gasteiger partial charge in [-0.3, -0.25) is 19.3 Å². The predicted octanol–water partition coefficient (Wildman–Crippen LogP) is 3.79. The van der Waals surface area contributed by atoms with Crippen molar-refractivity contribution in [2.75, 3.05) is 18.0 Å². The van der Waals surface area contributed by atoms with Crippen LogP contribution in [0.5, 0.6) is 11.6 Å². The number of carbonyl (C=O) groups excluding carboxylic acids is 3. The lowest BCUT2D eigenvalue weighted by Crippen LogP contribution is -2.48. The fourth-order valence-corrected chi connectivity index (χ4v) is 4.62. The Kier molecular flexibility index (Phi) is 7.76. The van der Waals surface area contributed by atoms with Crippen molar-refractivity contribution in [1.82, 2.24) is 25.0 Å². The molecule has 4 heterocycles. The van der Waals surface area contributed by atoms with E-state index in [2.05, 4.69) is 15.4 Å². The Morgan fingerprint density at radius 2 is 1.77 bits per heavy atom. The van der Waals surface area contributed by atoms with Crippen molar-refractivity contribution in [2.45, 2.75) is 84.1 Å². The first kappa shape index (κ1) is 28.2. The van der Waals surface area contributed by atoms with E-state index in [-0.39, 0.29) is 30.6 Å². The van der Waals surface area contributed by atoms with Gasteiger partial charge in [0.25, 0.3) is 0 Å². The Labute approximate surface area is 228 Å². The van der Waals surface area contributed by atoms with Gasteiger partial charge >= 0.3 is 12.2 Å². The largest absolute Gasteiger partial charge is 0.444 e. The summed E-state index contributed by atoms with van der Waals surface area (Å²) in [6.07, 6.45) is 1.75. The Morgan fingerprint density at radius 1 is 1.08 bits per heavy atom. The molecule has 2 aromatic heterocycles. The minimum Gasteiger partial charge on any atom is -0.444 e.